The van der Waals surface area contributed by atoms with Gasteiger partial charge in [-0.25, -0.2) is 9.78 Å². The van der Waals surface area contributed by atoms with Gasteiger partial charge >= 0.3 is 5.97 Å². The van der Waals surface area contributed by atoms with Gasteiger partial charge in [0.1, 0.15) is 5.69 Å². The van der Waals surface area contributed by atoms with Gasteiger partial charge in [-0.2, -0.15) is 0 Å². The Morgan fingerprint density at radius 1 is 1.59 bits per heavy atom. The largest absolute Gasteiger partial charge is 0.477 e. The second kappa shape index (κ2) is 4.84. The van der Waals surface area contributed by atoms with Gasteiger partial charge in [0.2, 0.25) is 0 Å². The van der Waals surface area contributed by atoms with Crippen LogP contribution in [0, 0.1) is 5.92 Å². The average molecular weight is 234 g/mol. The van der Waals surface area contributed by atoms with Crippen molar-refractivity contribution in [2.75, 3.05) is 7.05 Å². The number of aromatic nitrogens is 1. The molecule has 0 bridgehead atoms. The summed E-state index contributed by atoms with van der Waals surface area (Å²) in [5.41, 5.74) is 0.940. The third kappa shape index (κ3) is 3.03. The van der Waals surface area contributed by atoms with Crippen LogP contribution in [0.2, 0.25) is 0 Å². The number of rotatable bonds is 5. The molecule has 1 unspecified atom stereocenters. The van der Waals surface area contributed by atoms with Gasteiger partial charge in [-0.15, -0.1) is 0 Å². The van der Waals surface area contributed by atoms with Crippen LogP contribution in [-0.2, 0) is 6.54 Å². The molecule has 0 radical (unpaired) electrons. The summed E-state index contributed by atoms with van der Waals surface area (Å²) in [5, 5.41) is 8.87. The Morgan fingerprint density at radius 3 is 2.88 bits per heavy atom. The van der Waals surface area contributed by atoms with Gasteiger partial charge in [-0.3, -0.25) is 4.90 Å². The van der Waals surface area contributed by atoms with Gasteiger partial charge in [0.25, 0.3) is 0 Å². The van der Waals surface area contributed by atoms with Crippen molar-refractivity contribution in [3.8, 4) is 0 Å². The zero-order chi connectivity index (χ0) is 12.4. The molecule has 0 amide bonds. The molecule has 1 N–H and O–H groups in total. The minimum atomic E-state index is -0.968. The first-order valence-electron chi connectivity index (χ1n) is 5.97. The Hall–Kier alpha value is -1.42. The van der Waals surface area contributed by atoms with E-state index in [0.717, 1.165) is 11.6 Å². The van der Waals surface area contributed by atoms with Crippen molar-refractivity contribution in [1.29, 1.82) is 0 Å². The first kappa shape index (κ1) is 12.0. The fourth-order valence-electron chi connectivity index (χ4n) is 2.02. The predicted molar refractivity (Wildman–Crippen MR) is 64.8 cm³/mol. The van der Waals surface area contributed by atoms with Crippen molar-refractivity contribution >= 4 is 5.97 Å². The average Bonchev–Trinajstić information content (AvgIpc) is 3.12. The molecule has 1 aromatic heterocycles. The molecule has 0 spiro atoms. The van der Waals surface area contributed by atoms with E-state index in [9.17, 15) is 4.79 Å². The molecule has 1 aromatic rings. The van der Waals surface area contributed by atoms with E-state index in [1.54, 1.807) is 6.07 Å². The maximum atomic E-state index is 10.8. The quantitative estimate of drug-likeness (QED) is 0.846. The van der Waals surface area contributed by atoms with E-state index in [2.05, 4.69) is 23.9 Å². The highest BCUT2D eigenvalue weighted by atomic mass is 16.4. The van der Waals surface area contributed by atoms with Gasteiger partial charge < -0.3 is 5.11 Å². The van der Waals surface area contributed by atoms with Crippen LogP contribution in [0.25, 0.3) is 0 Å². The standard InChI is InChI=1S/C13H18N2O2/c1-9(10-6-7-10)15(2)8-11-4-3-5-12(14-11)13(16)17/h3-5,9-10H,6-8H2,1-2H3,(H,16,17). The molecule has 4 nitrogen and oxygen atoms in total. The molecule has 17 heavy (non-hydrogen) atoms. The van der Waals surface area contributed by atoms with E-state index in [4.69, 9.17) is 5.11 Å². The summed E-state index contributed by atoms with van der Waals surface area (Å²) in [7, 11) is 2.07. The van der Waals surface area contributed by atoms with Crippen LogP contribution in [-0.4, -0.2) is 34.0 Å². The van der Waals surface area contributed by atoms with Crippen molar-refractivity contribution in [1.82, 2.24) is 9.88 Å². The molecule has 1 heterocycles. The fourth-order valence-corrected chi connectivity index (χ4v) is 2.02. The molecule has 2 rings (SSSR count). The van der Waals surface area contributed by atoms with Crippen LogP contribution in [0.15, 0.2) is 18.2 Å². The zero-order valence-corrected chi connectivity index (χ0v) is 10.3. The Kier molecular flexibility index (Phi) is 3.43. The molecule has 0 aliphatic heterocycles. The van der Waals surface area contributed by atoms with E-state index >= 15 is 0 Å². The van der Waals surface area contributed by atoms with Gasteiger partial charge in [0, 0.05) is 12.6 Å². The van der Waals surface area contributed by atoms with Crippen molar-refractivity contribution in [3.63, 3.8) is 0 Å². The predicted octanol–water partition coefficient (Wildman–Crippen LogP) is 2.01. The second-order valence-electron chi connectivity index (χ2n) is 4.81. The first-order chi connectivity index (χ1) is 8.08. The SMILES string of the molecule is CC(C1CC1)N(C)Cc1cccc(C(=O)O)n1. The highest BCUT2D eigenvalue weighted by molar-refractivity contribution is 5.85. The molecule has 1 aliphatic rings. The van der Waals surface area contributed by atoms with Crippen molar-refractivity contribution < 1.29 is 9.90 Å². The lowest BCUT2D eigenvalue weighted by molar-refractivity contribution is 0.0690. The summed E-state index contributed by atoms with van der Waals surface area (Å²) >= 11 is 0. The van der Waals surface area contributed by atoms with Crippen molar-refractivity contribution in [2.24, 2.45) is 5.92 Å². The van der Waals surface area contributed by atoms with Crippen molar-refractivity contribution in [2.45, 2.75) is 32.4 Å². The number of aromatic carboxylic acids is 1. The van der Waals surface area contributed by atoms with Crippen LogP contribution in [0.3, 0.4) is 0 Å². The van der Waals surface area contributed by atoms with E-state index in [1.165, 1.54) is 18.9 Å². The fraction of sp³-hybridized carbons (Fsp3) is 0.538. The van der Waals surface area contributed by atoms with E-state index < -0.39 is 5.97 Å². The lowest BCUT2D eigenvalue weighted by atomic mass is 10.2. The topological polar surface area (TPSA) is 53.4 Å². The zero-order valence-electron chi connectivity index (χ0n) is 10.3. The van der Waals surface area contributed by atoms with E-state index in [1.807, 2.05) is 6.07 Å². The molecule has 1 atom stereocenters. The van der Waals surface area contributed by atoms with Crippen LogP contribution < -0.4 is 0 Å². The lowest BCUT2D eigenvalue weighted by Crippen LogP contribution is -2.30. The molecule has 92 valence electrons. The number of carboxylic acids is 1. The Morgan fingerprint density at radius 2 is 2.29 bits per heavy atom. The Bertz CT molecular complexity index is 416. The Balaban J connectivity index is 2.02. The number of carbonyl (C=O) groups is 1. The van der Waals surface area contributed by atoms with Gasteiger partial charge in [-0.05, 0) is 44.9 Å². The molecule has 0 aromatic carbocycles. The van der Waals surface area contributed by atoms with E-state index in [0.29, 0.717) is 12.6 Å². The summed E-state index contributed by atoms with van der Waals surface area (Å²) < 4.78 is 0. The first-order valence-corrected chi connectivity index (χ1v) is 5.97. The normalized spacial score (nSPS) is 17.1. The summed E-state index contributed by atoms with van der Waals surface area (Å²) in [6, 6.07) is 5.70. The summed E-state index contributed by atoms with van der Waals surface area (Å²) in [4.78, 5) is 17.2. The van der Waals surface area contributed by atoms with E-state index in [-0.39, 0.29) is 5.69 Å². The monoisotopic (exact) mass is 234 g/mol. The van der Waals surface area contributed by atoms with Crippen LogP contribution in [0.4, 0.5) is 0 Å². The van der Waals surface area contributed by atoms with Crippen LogP contribution >= 0.6 is 0 Å². The maximum Gasteiger partial charge on any atom is 0.354 e. The highest BCUT2D eigenvalue weighted by Crippen LogP contribution is 2.34. The second-order valence-corrected chi connectivity index (χ2v) is 4.81. The smallest absolute Gasteiger partial charge is 0.354 e. The molecule has 1 saturated carbocycles. The Labute approximate surface area is 101 Å². The third-order valence-electron chi connectivity index (χ3n) is 3.44. The number of carboxylic acid groups (broad SMARTS) is 1. The molecule has 4 heteroatoms. The number of nitrogens with zero attached hydrogens (tertiary/aromatic N) is 2. The highest BCUT2D eigenvalue weighted by Gasteiger charge is 2.30. The molecular weight excluding hydrogens is 216 g/mol. The summed E-state index contributed by atoms with van der Waals surface area (Å²) in [6.07, 6.45) is 2.63. The molecular formula is C13H18N2O2. The number of pyridine rings is 1. The third-order valence-corrected chi connectivity index (χ3v) is 3.44. The minimum absolute atomic E-state index is 0.120. The summed E-state index contributed by atoms with van der Waals surface area (Å²) in [6.45, 7) is 2.93. The van der Waals surface area contributed by atoms with Gasteiger partial charge in [-0.1, -0.05) is 6.07 Å². The molecule has 0 saturated heterocycles. The molecule has 1 fully saturated rings. The van der Waals surface area contributed by atoms with Gasteiger partial charge in [0.05, 0.1) is 5.69 Å². The number of hydrogen-bond donors (Lipinski definition) is 1. The molecule has 1 aliphatic carbocycles. The summed E-state index contributed by atoms with van der Waals surface area (Å²) in [5.74, 6) is -0.160. The van der Waals surface area contributed by atoms with Crippen LogP contribution in [0.1, 0.15) is 35.9 Å². The van der Waals surface area contributed by atoms with Gasteiger partial charge in [0.15, 0.2) is 0 Å². The lowest BCUT2D eigenvalue weighted by Gasteiger charge is -2.24. The number of hydrogen-bond acceptors (Lipinski definition) is 3. The van der Waals surface area contributed by atoms with Crippen LogP contribution in [0.5, 0.6) is 0 Å². The maximum absolute atomic E-state index is 10.8. The van der Waals surface area contributed by atoms with Crippen molar-refractivity contribution in [3.05, 3.63) is 29.6 Å². The minimum Gasteiger partial charge on any atom is -0.477 e.